The van der Waals surface area contributed by atoms with Crippen molar-refractivity contribution in [2.24, 2.45) is 0 Å². The monoisotopic (exact) mass is 388 g/mol. The minimum absolute atomic E-state index is 0.0131. The van der Waals surface area contributed by atoms with E-state index in [4.69, 9.17) is 4.42 Å². The maximum absolute atomic E-state index is 13.0. The summed E-state index contributed by atoms with van der Waals surface area (Å²) in [5.74, 6) is -0.384. The molecule has 29 heavy (non-hydrogen) atoms. The van der Waals surface area contributed by atoms with Crippen LogP contribution in [0.25, 0.3) is 0 Å². The molecule has 2 amide bonds. The van der Waals surface area contributed by atoms with E-state index in [2.05, 4.69) is 22.8 Å². The van der Waals surface area contributed by atoms with E-state index in [-0.39, 0.29) is 17.1 Å². The standard InChI is InChI=1S/C24H24N2O3/c27-22(25-17-24(13-14-24)19-10-5-2-6-11-19)20(16-18-8-3-1-4-9-18)26-23(28)21-12-7-15-29-21/h1-12,15,20H,13-14,16-17H2,(H,25,27)(H,26,28). The summed E-state index contributed by atoms with van der Waals surface area (Å²) in [7, 11) is 0. The Labute approximate surface area is 170 Å². The number of benzene rings is 2. The number of amides is 2. The Kier molecular flexibility index (Phi) is 5.47. The molecule has 2 N–H and O–H groups in total. The molecule has 1 atom stereocenters. The average Bonchev–Trinajstić information content (AvgIpc) is 3.35. The molecule has 0 spiro atoms. The van der Waals surface area contributed by atoms with Crippen LogP contribution in [-0.4, -0.2) is 24.4 Å². The molecule has 0 radical (unpaired) electrons. The Morgan fingerprint density at radius 3 is 2.24 bits per heavy atom. The van der Waals surface area contributed by atoms with Crippen LogP contribution in [0.4, 0.5) is 0 Å². The lowest BCUT2D eigenvalue weighted by molar-refractivity contribution is -0.123. The zero-order valence-electron chi connectivity index (χ0n) is 16.1. The van der Waals surface area contributed by atoms with E-state index in [1.807, 2.05) is 48.5 Å². The van der Waals surface area contributed by atoms with Crippen LogP contribution in [0.1, 0.15) is 34.5 Å². The summed E-state index contributed by atoms with van der Waals surface area (Å²) in [5.41, 5.74) is 2.25. The van der Waals surface area contributed by atoms with Gasteiger partial charge in [0.25, 0.3) is 5.91 Å². The van der Waals surface area contributed by atoms with Crippen molar-refractivity contribution in [3.8, 4) is 0 Å². The van der Waals surface area contributed by atoms with Gasteiger partial charge in [-0.1, -0.05) is 60.7 Å². The number of nitrogens with one attached hydrogen (secondary N) is 2. The van der Waals surface area contributed by atoms with Crippen LogP contribution in [0.15, 0.2) is 83.5 Å². The highest BCUT2D eigenvalue weighted by Crippen LogP contribution is 2.47. The van der Waals surface area contributed by atoms with E-state index < -0.39 is 11.9 Å². The maximum Gasteiger partial charge on any atom is 0.287 e. The summed E-state index contributed by atoms with van der Waals surface area (Å²) in [4.78, 5) is 25.5. The molecule has 3 aromatic rings. The maximum atomic E-state index is 13.0. The average molecular weight is 388 g/mol. The molecule has 148 valence electrons. The van der Waals surface area contributed by atoms with Gasteiger partial charge in [0.05, 0.1) is 6.26 Å². The number of carbonyl (C=O) groups is 2. The second kappa shape index (κ2) is 8.35. The summed E-state index contributed by atoms with van der Waals surface area (Å²) < 4.78 is 5.16. The summed E-state index contributed by atoms with van der Waals surface area (Å²) in [6.07, 6.45) is 3.97. The zero-order chi connectivity index (χ0) is 20.1. The van der Waals surface area contributed by atoms with Gasteiger partial charge in [-0.15, -0.1) is 0 Å². The van der Waals surface area contributed by atoms with E-state index in [0.717, 1.165) is 18.4 Å². The molecule has 0 bridgehead atoms. The lowest BCUT2D eigenvalue weighted by Crippen LogP contribution is -2.49. The van der Waals surface area contributed by atoms with Crippen LogP contribution in [-0.2, 0) is 16.6 Å². The van der Waals surface area contributed by atoms with Crippen molar-refractivity contribution in [1.29, 1.82) is 0 Å². The highest BCUT2D eigenvalue weighted by atomic mass is 16.3. The van der Waals surface area contributed by atoms with Crippen LogP contribution < -0.4 is 10.6 Å². The van der Waals surface area contributed by atoms with Gasteiger partial charge >= 0.3 is 0 Å². The Bertz CT molecular complexity index is 948. The Hall–Kier alpha value is -3.34. The molecular weight excluding hydrogens is 364 g/mol. The van der Waals surface area contributed by atoms with Crippen molar-refractivity contribution >= 4 is 11.8 Å². The van der Waals surface area contributed by atoms with Gasteiger partial charge in [0, 0.05) is 18.4 Å². The third-order valence-corrected chi connectivity index (χ3v) is 5.49. The van der Waals surface area contributed by atoms with Crippen LogP contribution >= 0.6 is 0 Å². The van der Waals surface area contributed by atoms with Crippen LogP contribution in [0.5, 0.6) is 0 Å². The number of rotatable bonds is 8. The minimum atomic E-state index is -0.679. The molecule has 5 nitrogen and oxygen atoms in total. The van der Waals surface area contributed by atoms with Gasteiger partial charge in [-0.25, -0.2) is 0 Å². The van der Waals surface area contributed by atoms with Crippen molar-refractivity contribution in [2.45, 2.75) is 30.7 Å². The lowest BCUT2D eigenvalue weighted by atomic mass is 9.95. The smallest absolute Gasteiger partial charge is 0.287 e. The third-order valence-electron chi connectivity index (χ3n) is 5.49. The first-order valence-corrected chi connectivity index (χ1v) is 9.88. The second-order valence-corrected chi connectivity index (χ2v) is 7.56. The van der Waals surface area contributed by atoms with Crippen LogP contribution in [0.2, 0.25) is 0 Å². The van der Waals surface area contributed by atoms with Gasteiger partial charge < -0.3 is 15.1 Å². The molecule has 1 heterocycles. The summed E-state index contributed by atoms with van der Waals surface area (Å²) in [6.45, 7) is 0.567. The topological polar surface area (TPSA) is 71.3 Å². The van der Waals surface area contributed by atoms with Crippen molar-refractivity contribution < 1.29 is 14.0 Å². The van der Waals surface area contributed by atoms with E-state index in [1.54, 1.807) is 12.1 Å². The van der Waals surface area contributed by atoms with Crippen molar-refractivity contribution in [1.82, 2.24) is 10.6 Å². The van der Waals surface area contributed by atoms with E-state index in [0.29, 0.717) is 13.0 Å². The first-order chi connectivity index (χ1) is 14.2. The number of carbonyl (C=O) groups excluding carboxylic acids is 2. The fourth-order valence-electron chi connectivity index (χ4n) is 3.59. The summed E-state index contributed by atoms with van der Waals surface area (Å²) in [5, 5.41) is 5.89. The van der Waals surface area contributed by atoms with E-state index >= 15 is 0 Å². The Balaban J connectivity index is 1.45. The van der Waals surface area contributed by atoms with Gasteiger partial charge in [-0.2, -0.15) is 0 Å². The number of hydrogen-bond donors (Lipinski definition) is 2. The van der Waals surface area contributed by atoms with Gasteiger partial charge in [-0.3, -0.25) is 9.59 Å². The fraction of sp³-hybridized carbons (Fsp3) is 0.250. The number of furan rings is 1. The molecule has 1 fully saturated rings. The van der Waals surface area contributed by atoms with Crippen molar-refractivity contribution in [2.75, 3.05) is 6.54 Å². The van der Waals surface area contributed by atoms with E-state index in [1.165, 1.54) is 11.8 Å². The molecule has 1 aliphatic carbocycles. The SMILES string of the molecule is O=C(NC(Cc1ccccc1)C(=O)NCC1(c2ccccc2)CC1)c1ccco1. The predicted octanol–water partition coefficient (Wildman–Crippen LogP) is 3.47. The first-order valence-electron chi connectivity index (χ1n) is 9.88. The molecule has 0 saturated heterocycles. The highest BCUT2D eigenvalue weighted by molar-refractivity contribution is 5.95. The van der Waals surface area contributed by atoms with E-state index in [9.17, 15) is 9.59 Å². The molecular formula is C24H24N2O3. The molecule has 1 aliphatic rings. The van der Waals surface area contributed by atoms with Crippen molar-refractivity contribution in [3.05, 3.63) is 95.9 Å². The van der Waals surface area contributed by atoms with Gasteiger partial charge in [-0.05, 0) is 36.1 Å². The molecule has 5 heteroatoms. The zero-order valence-corrected chi connectivity index (χ0v) is 16.1. The fourth-order valence-corrected chi connectivity index (χ4v) is 3.59. The normalized spacial score (nSPS) is 15.3. The molecule has 1 aromatic heterocycles. The molecule has 1 unspecified atom stereocenters. The Morgan fingerprint density at radius 2 is 1.62 bits per heavy atom. The second-order valence-electron chi connectivity index (χ2n) is 7.56. The van der Waals surface area contributed by atoms with Crippen LogP contribution in [0.3, 0.4) is 0 Å². The minimum Gasteiger partial charge on any atom is -0.459 e. The highest BCUT2D eigenvalue weighted by Gasteiger charge is 2.44. The Morgan fingerprint density at radius 1 is 0.931 bits per heavy atom. The quantitative estimate of drug-likeness (QED) is 0.621. The molecule has 0 aliphatic heterocycles. The molecule has 2 aromatic carbocycles. The van der Waals surface area contributed by atoms with Gasteiger partial charge in [0.2, 0.25) is 5.91 Å². The summed E-state index contributed by atoms with van der Waals surface area (Å²) in [6, 6.07) is 22.5. The van der Waals surface area contributed by atoms with Crippen LogP contribution in [0, 0.1) is 0 Å². The largest absolute Gasteiger partial charge is 0.459 e. The predicted molar refractivity (Wildman–Crippen MR) is 110 cm³/mol. The van der Waals surface area contributed by atoms with Gasteiger partial charge in [0.1, 0.15) is 6.04 Å². The number of hydrogen-bond acceptors (Lipinski definition) is 3. The third kappa shape index (κ3) is 4.57. The molecule has 1 saturated carbocycles. The lowest BCUT2D eigenvalue weighted by Gasteiger charge is -2.21. The van der Waals surface area contributed by atoms with Crippen molar-refractivity contribution in [3.63, 3.8) is 0 Å². The first kappa shape index (κ1) is 19.0. The van der Waals surface area contributed by atoms with Gasteiger partial charge in [0.15, 0.2) is 5.76 Å². The molecule has 4 rings (SSSR count). The summed E-state index contributed by atoms with van der Waals surface area (Å²) >= 11 is 0.